The molecule has 2 aromatic carbocycles. The Hall–Kier alpha value is -3.63. The molecular formula is C23H27N5O6. The van der Waals surface area contributed by atoms with Gasteiger partial charge in [0.05, 0.1) is 25.9 Å². The number of rotatable bonds is 12. The Morgan fingerprint density at radius 1 is 1.21 bits per heavy atom. The molecule has 11 nitrogen and oxygen atoms in total. The van der Waals surface area contributed by atoms with Crippen LogP contribution in [0.3, 0.4) is 0 Å². The zero-order valence-electron chi connectivity index (χ0n) is 18.5. The summed E-state index contributed by atoms with van der Waals surface area (Å²) in [6.07, 6.45) is 0.596. The molecule has 0 radical (unpaired) electrons. The molecule has 1 heterocycles. The van der Waals surface area contributed by atoms with Gasteiger partial charge in [-0.1, -0.05) is 29.4 Å². The molecule has 0 aliphatic carbocycles. The van der Waals surface area contributed by atoms with E-state index in [1.165, 1.54) is 0 Å². The van der Waals surface area contributed by atoms with Crippen LogP contribution in [0.25, 0.3) is 10.4 Å². The van der Waals surface area contributed by atoms with Gasteiger partial charge in [0.15, 0.2) is 5.54 Å². The van der Waals surface area contributed by atoms with E-state index in [0.29, 0.717) is 35.6 Å². The predicted molar refractivity (Wildman–Crippen MR) is 124 cm³/mol. The molecule has 0 fully saturated rings. The lowest BCUT2D eigenvalue weighted by molar-refractivity contribution is -0.128. The lowest BCUT2D eigenvalue weighted by atomic mass is 9.90. The van der Waals surface area contributed by atoms with Crippen LogP contribution in [0.5, 0.6) is 5.75 Å². The van der Waals surface area contributed by atoms with Crippen LogP contribution in [-0.4, -0.2) is 71.7 Å². The van der Waals surface area contributed by atoms with Gasteiger partial charge in [0, 0.05) is 35.6 Å². The summed E-state index contributed by atoms with van der Waals surface area (Å²) in [5.74, 6) is 0.343. The normalized spacial score (nSPS) is 17.0. The van der Waals surface area contributed by atoms with Crippen LogP contribution in [0.2, 0.25) is 0 Å². The number of nitrogens with zero attached hydrogens (tertiary/aromatic N) is 4. The maximum absolute atomic E-state index is 13.3. The minimum absolute atomic E-state index is 0.0447. The number of aliphatic imine (C=N–C) groups is 1. The van der Waals surface area contributed by atoms with Crippen LogP contribution in [0.15, 0.2) is 58.6 Å². The maximum Gasteiger partial charge on any atom is 0.252 e. The predicted octanol–water partition coefficient (Wildman–Crippen LogP) is 1.62. The Balaban J connectivity index is 1.92. The van der Waals surface area contributed by atoms with E-state index in [0.717, 1.165) is 0 Å². The van der Waals surface area contributed by atoms with Gasteiger partial charge in [0.2, 0.25) is 5.90 Å². The van der Waals surface area contributed by atoms with E-state index < -0.39 is 30.7 Å². The highest BCUT2D eigenvalue weighted by atomic mass is 16.5. The van der Waals surface area contributed by atoms with E-state index in [1.807, 2.05) is 0 Å². The third-order valence-electron chi connectivity index (χ3n) is 5.26. The van der Waals surface area contributed by atoms with Gasteiger partial charge in [-0.15, -0.1) is 0 Å². The SMILES string of the molecule is [N-]=[N+]=Nc1ccccc1C[C@]1(C(=O)NC(CO)CO)COC(c2ccc(OCCCO)cc2)=N1. The Labute approximate surface area is 196 Å². The third kappa shape index (κ3) is 6.03. The van der Waals surface area contributed by atoms with Crippen molar-refractivity contribution in [1.29, 1.82) is 0 Å². The highest BCUT2D eigenvalue weighted by Crippen LogP contribution is 2.31. The first kappa shape index (κ1) is 25.0. The van der Waals surface area contributed by atoms with Crippen LogP contribution in [0, 0.1) is 0 Å². The molecule has 1 aliphatic rings. The molecule has 1 amide bonds. The lowest BCUT2D eigenvalue weighted by Crippen LogP contribution is -2.53. The summed E-state index contributed by atoms with van der Waals surface area (Å²) < 4.78 is 11.4. The van der Waals surface area contributed by atoms with Gasteiger partial charge in [0.1, 0.15) is 12.4 Å². The molecule has 0 unspecified atom stereocenters. The first-order chi connectivity index (χ1) is 16.5. The van der Waals surface area contributed by atoms with Crippen LogP contribution < -0.4 is 10.1 Å². The standard InChI is InChI=1S/C23H27N5O6/c24-28-27-20-5-2-1-4-17(20)12-23(22(32)25-18(13-30)14-31)15-34-21(26-23)16-6-8-19(9-7-16)33-11-3-10-29/h1-2,4-9,18,29-31H,3,10-15H2,(H,25,32)/t23-/m1/s1. The molecular weight excluding hydrogens is 442 g/mol. The second-order valence-electron chi connectivity index (χ2n) is 7.72. The molecule has 0 saturated heterocycles. The van der Waals surface area contributed by atoms with Gasteiger partial charge in [0.25, 0.3) is 5.91 Å². The first-order valence-electron chi connectivity index (χ1n) is 10.8. The van der Waals surface area contributed by atoms with Crippen molar-refractivity contribution in [3.8, 4) is 5.75 Å². The van der Waals surface area contributed by atoms with Crippen molar-refractivity contribution < 1.29 is 29.6 Å². The van der Waals surface area contributed by atoms with Crippen LogP contribution in [0.1, 0.15) is 17.5 Å². The second kappa shape index (κ2) is 12.0. The number of nitrogens with one attached hydrogen (secondary N) is 1. The quantitative estimate of drug-likeness (QED) is 0.159. The molecule has 0 spiro atoms. The van der Waals surface area contributed by atoms with E-state index >= 15 is 0 Å². The average molecular weight is 469 g/mol. The summed E-state index contributed by atoms with van der Waals surface area (Å²) in [7, 11) is 0. The monoisotopic (exact) mass is 469 g/mol. The number of ether oxygens (including phenoxy) is 2. The average Bonchev–Trinajstić information content (AvgIpc) is 3.29. The molecule has 3 rings (SSSR count). The first-order valence-corrected chi connectivity index (χ1v) is 10.8. The van der Waals surface area contributed by atoms with E-state index in [2.05, 4.69) is 20.3 Å². The van der Waals surface area contributed by atoms with E-state index in [1.54, 1.807) is 48.5 Å². The number of carbonyl (C=O) groups excluding carboxylic acids is 1. The molecule has 0 bridgehead atoms. The minimum atomic E-state index is -1.41. The summed E-state index contributed by atoms with van der Waals surface area (Å²) in [5.41, 5.74) is 9.08. The lowest BCUT2D eigenvalue weighted by Gasteiger charge is -2.26. The van der Waals surface area contributed by atoms with E-state index in [-0.39, 0.29) is 25.5 Å². The molecule has 1 aliphatic heterocycles. The van der Waals surface area contributed by atoms with Crippen molar-refractivity contribution in [1.82, 2.24) is 5.32 Å². The smallest absolute Gasteiger partial charge is 0.252 e. The fraction of sp³-hybridized carbons (Fsp3) is 0.391. The molecule has 34 heavy (non-hydrogen) atoms. The highest BCUT2D eigenvalue weighted by molar-refractivity contribution is 6.00. The van der Waals surface area contributed by atoms with Crippen LogP contribution >= 0.6 is 0 Å². The number of amides is 1. The number of aliphatic hydroxyl groups is 3. The third-order valence-corrected chi connectivity index (χ3v) is 5.26. The Morgan fingerprint density at radius 3 is 2.62 bits per heavy atom. The summed E-state index contributed by atoms with van der Waals surface area (Å²) in [6, 6.07) is 13.0. The van der Waals surface area contributed by atoms with Crippen molar-refractivity contribution in [3.05, 3.63) is 70.1 Å². The summed E-state index contributed by atoms with van der Waals surface area (Å²) >= 11 is 0. The van der Waals surface area contributed by atoms with E-state index in [4.69, 9.17) is 20.1 Å². The number of hydrogen-bond donors (Lipinski definition) is 4. The number of hydrogen-bond acceptors (Lipinski definition) is 8. The number of azide groups is 1. The van der Waals surface area contributed by atoms with Crippen molar-refractivity contribution in [2.45, 2.75) is 24.4 Å². The summed E-state index contributed by atoms with van der Waals surface area (Å²) in [6.45, 7) is -0.538. The topological polar surface area (TPSA) is 169 Å². The number of carbonyl (C=O) groups is 1. The fourth-order valence-corrected chi connectivity index (χ4v) is 3.42. The van der Waals surface area contributed by atoms with Gasteiger partial charge >= 0.3 is 0 Å². The van der Waals surface area contributed by atoms with Gasteiger partial charge in [-0.25, -0.2) is 4.99 Å². The molecule has 2 aromatic rings. The molecule has 0 saturated carbocycles. The van der Waals surface area contributed by atoms with Crippen LogP contribution in [-0.2, 0) is 16.0 Å². The second-order valence-corrected chi connectivity index (χ2v) is 7.72. The highest BCUT2D eigenvalue weighted by Gasteiger charge is 2.45. The van der Waals surface area contributed by atoms with Gasteiger partial charge < -0.3 is 30.1 Å². The molecule has 180 valence electrons. The fourth-order valence-electron chi connectivity index (χ4n) is 3.42. The zero-order chi connectivity index (χ0) is 24.4. The summed E-state index contributed by atoms with van der Waals surface area (Å²) in [4.78, 5) is 20.8. The summed E-state index contributed by atoms with van der Waals surface area (Å²) in [5, 5.41) is 34.0. The Morgan fingerprint density at radius 2 is 1.94 bits per heavy atom. The van der Waals surface area contributed by atoms with Crippen molar-refractivity contribution in [3.63, 3.8) is 0 Å². The molecule has 11 heteroatoms. The van der Waals surface area contributed by atoms with Gasteiger partial charge in [-0.3, -0.25) is 4.79 Å². The molecule has 0 aromatic heterocycles. The largest absolute Gasteiger partial charge is 0.494 e. The Bertz CT molecular complexity index is 1050. The molecule has 4 N–H and O–H groups in total. The number of benzene rings is 2. The van der Waals surface area contributed by atoms with Crippen molar-refractivity contribution >= 4 is 17.5 Å². The molecule has 1 atom stereocenters. The Kier molecular flexibility index (Phi) is 8.83. The number of aliphatic hydroxyl groups excluding tert-OH is 3. The van der Waals surface area contributed by atoms with Crippen molar-refractivity contribution in [2.24, 2.45) is 10.1 Å². The van der Waals surface area contributed by atoms with Crippen molar-refractivity contribution in [2.75, 3.05) is 33.0 Å². The minimum Gasteiger partial charge on any atom is -0.494 e. The zero-order valence-corrected chi connectivity index (χ0v) is 18.5. The van der Waals surface area contributed by atoms with Crippen LogP contribution in [0.4, 0.5) is 5.69 Å². The van der Waals surface area contributed by atoms with Gasteiger partial charge in [-0.05, 0) is 35.4 Å². The van der Waals surface area contributed by atoms with E-state index in [9.17, 15) is 15.0 Å². The van der Waals surface area contributed by atoms with Gasteiger partial charge in [-0.2, -0.15) is 0 Å². The maximum atomic E-state index is 13.3.